The standard InChI is InChI=1S/C13H15FN4S/c1-3-10-16-11(4-2)18(17-10)9-7-5-6-8(14)12(9)13(15)19/h5-7H,3-4H2,1-2H3,(H2,15,19). The van der Waals surface area contributed by atoms with Gasteiger partial charge in [-0.15, -0.1) is 0 Å². The topological polar surface area (TPSA) is 56.7 Å². The van der Waals surface area contributed by atoms with Crippen LogP contribution in [0.3, 0.4) is 0 Å². The fraction of sp³-hybridized carbons (Fsp3) is 0.308. The minimum Gasteiger partial charge on any atom is -0.389 e. The predicted octanol–water partition coefficient (Wildman–Crippen LogP) is 2.17. The number of aromatic nitrogens is 3. The summed E-state index contributed by atoms with van der Waals surface area (Å²) in [7, 11) is 0. The van der Waals surface area contributed by atoms with Gasteiger partial charge in [-0.25, -0.2) is 14.1 Å². The normalized spacial score (nSPS) is 10.7. The zero-order valence-corrected chi connectivity index (χ0v) is 11.7. The highest BCUT2D eigenvalue weighted by molar-refractivity contribution is 7.80. The Kier molecular flexibility index (Phi) is 3.90. The van der Waals surface area contributed by atoms with E-state index in [1.807, 2.05) is 13.8 Å². The number of hydrogen-bond donors (Lipinski definition) is 1. The first-order valence-corrected chi connectivity index (χ1v) is 6.52. The fourth-order valence-corrected chi connectivity index (χ4v) is 2.10. The molecule has 19 heavy (non-hydrogen) atoms. The number of benzene rings is 1. The maximum atomic E-state index is 13.9. The van der Waals surface area contributed by atoms with Crippen LogP contribution in [0.15, 0.2) is 18.2 Å². The average molecular weight is 278 g/mol. The van der Waals surface area contributed by atoms with Crippen molar-refractivity contribution in [2.75, 3.05) is 0 Å². The Morgan fingerprint density at radius 3 is 2.68 bits per heavy atom. The Morgan fingerprint density at radius 1 is 1.37 bits per heavy atom. The second-order valence-electron chi connectivity index (χ2n) is 4.06. The molecule has 0 aliphatic rings. The molecule has 6 heteroatoms. The van der Waals surface area contributed by atoms with Gasteiger partial charge < -0.3 is 5.73 Å². The van der Waals surface area contributed by atoms with Gasteiger partial charge in [-0.3, -0.25) is 0 Å². The van der Waals surface area contributed by atoms with E-state index < -0.39 is 5.82 Å². The largest absolute Gasteiger partial charge is 0.389 e. The van der Waals surface area contributed by atoms with E-state index in [2.05, 4.69) is 10.1 Å². The van der Waals surface area contributed by atoms with Gasteiger partial charge in [0.2, 0.25) is 0 Å². The molecule has 2 N–H and O–H groups in total. The summed E-state index contributed by atoms with van der Waals surface area (Å²) in [6.07, 6.45) is 1.41. The van der Waals surface area contributed by atoms with Gasteiger partial charge in [0.15, 0.2) is 5.82 Å². The number of halogens is 1. The van der Waals surface area contributed by atoms with Crippen LogP contribution < -0.4 is 5.73 Å². The van der Waals surface area contributed by atoms with E-state index in [1.54, 1.807) is 16.8 Å². The van der Waals surface area contributed by atoms with Gasteiger partial charge in [-0.1, -0.05) is 32.1 Å². The Hall–Kier alpha value is -1.82. The summed E-state index contributed by atoms with van der Waals surface area (Å²) in [4.78, 5) is 4.42. The molecule has 4 nitrogen and oxygen atoms in total. The quantitative estimate of drug-likeness (QED) is 0.871. The van der Waals surface area contributed by atoms with E-state index >= 15 is 0 Å². The summed E-state index contributed by atoms with van der Waals surface area (Å²) in [5.74, 6) is 1.04. The van der Waals surface area contributed by atoms with Crippen LogP contribution in [0.1, 0.15) is 31.1 Å². The van der Waals surface area contributed by atoms with Gasteiger partial charge in [-0.2, -0.15) is 5.10 Å². The molecule has 2 rings (SSSR count). The minimum absolute atomic E-state index is 0.0173. The molecule has 0 saturated carbocycles. The van der Waals surface area contributed by atoms with E-state index in [1.165, 1.54) is 6.07 Å². The third-order valence-corrected chi connectivity index (χ3v) is 3.02. The Balaban J connectivity index is 2.68. The Morgan fingerprint density at radius 2 is 2.11 bits per heavy atom. The average Bonchev–Trinajstić information content (AvgIpc) is 2.81. The SMILES string of the molecule is CCc1nc(CC)n(-c2cccc(F)c2C(N)=S)n1. The predicted molar refractivity (Wildman–Crippen MR) is 76.0 cm³/mol. The molecule has 0 aliphatic heterocycles. The van der Waals surface area contributed by atoms with Crippen LogP contribution in [-0.4, -0.2) is 19.8 Å². The second-order valence-corrected chi connectivity index (χ2v) is 4.50. The molecule has 0 saturated heterocycles. The van der Waals surface area contributed by atoms with Crippen molar-refractivity contribution in [1.29, 1.82) is 0 Å². The van der Waals surface area contributed by atoms with Gasteiger partial charge in [0.1, 0.15) is 16.6 Å². The lowest BCUT2D eigenvalue weighted by atomic mass is 10.1. The van der Waals surface area contributed by atoms with Crippen LogP contribution in [0.4, 0.5) is 4.39 Å². The third-order valence-electron chi connectivity index (χ3n) is 2.82. The third kappa shape index (κ3) is 2.49. The molecule has 1 aromatic carbocycles. The van der Waals surface area contributed by atoms with Crippen molar-refractivity contribution in [1.82, 2.24) is 14.8 Å². The van der Waals surface area contributed by atoms with Crippen LogP contribution in [0.2, 0.25) is 0 Å². The van der Waals surface area contributed by atoms with Crippen LogP contribution in [0, 0.1) is 5.82 Å². The zero-order valence-electron chi connectivity index (χ0n) is 10.9. The number of hydrogen-bond acceptors (Lipinski definition) is 3. The molecule has 0 spiro atoms. The smallest absolute Gasteiger partial charge is 0.151 e. The minimum atomic E-state index is -0.444. The summed E-state index contributed by atoms with van der Waals surface area (Å²) in [6, 6.07) is 4.69. The maximum Gasteiger partial charge on any atom is 0.151 e. The van der Waals surface area contributed by atoms with Gasteiger partial charge in [0.25, 0.3) is 0 Å². The van der Waals surface area contributed by atoms with E-state index in [9.17, 15) is 4.39 Å². The molecular formula is C13H15FN4S. The fourth-order valence-electron chi connectivity index (χ4n) is 1.90. The van der Waals surface area contributed by atoms with Gasteiger partial charge >= 0.3 is 0 Å². The lowest BCUT2D eigenvalue weighted by molar-refractivity contribution is 0.622. The van der Waals surface area contributed by atoms with Crippen molar-refractivity contribution in [3.8, 4) is 5.69 Å². The maximum absolute atomic E-state index is 13.9. The van der Waals surface area contributed by atoms with E-state index in [-0.39, 0.29) is 10.6 Å². The monoisotopic (exact) mass is 278 g/mol. The molecule has 0 fully saturated rings. The number of rotatable bonds is 4. The molecule has 0 atom stereocenters. The van der Waals surface area contributed by atoms with Gasteiger partial charge in [0, 0.05) is 12.8 Å². The molecule has 2 aromatic rings. The number of nitrogens with two attached hydrogens (primary N) is 1. The molecular weight excluding hydrogens is 263 g/mol. The molecule has 0 amide bonds. The van der Waals surface area contributed by atoms with Crippen molar-refractivity contribution >= 4 is 17.2 Å². The summed E-state index contributed by atoms with van der Waals surface area (Å²) in [6.45, 7) is 3.94. The van der Waals surface area contributed by atoms with Gasteiger partial charge in [-0.05, 0) is 12.1 Å². The highest BCUT2D eigenvalue weighted by atomic mass is 32.1. The summed E-state index contributed by atoms with van der Waals surface area (Å²) in [5, 5.41) is 4.38. The summed E-state index contributed by atoms with van der Waals surface area (Å²) >= 11 is 4.93. The number of nitrogens with zero attached hydrogens (tertiary/aromatic N) is 3. The van der Waals surface area contributed by atoms with Crippen molar-refractivity contribution < 1.29 is 4.39 Å². The number of aryl methyl sites for hydroxylation is 2. The molecule has 0 radical (unpaired) electrons. The number of thiocarbonyl (C=S) groups is 1. The first-order valence-electron chi connectivity index (χ1n) is 6.12. The first kappa shape index (κ1) is 13.6. The second kappa shape index (κ2) is 5.44. The summed E-state index contributed by atoms with van der Waals surface area (Å²) in [5.41, 5.74) is 6.36. The van der Waals surface area contributed by atoms with E-state index in [0.29, 0.717) is 12.1 Å². The lowest BCUT2D eigenvalue weighted by Crippen LogP contribution is -2.17. The molecule has 1 aromatic heterocycles. The zero-order chi connectivity index (χ0) is 14.0. The van der Waals surface area contributed by atoms with Crippen LogP contribution in [0.25, 0.3) is 5.69 Å². The molecule has 100 valence electrons. The van der Waals surface area contributed by atoms with Crippen molar-refractivity contribution in [3.63, 3.8) is 0 Å². The first-order chi connectivity index (χ1) is 9.08. The van der Waals surface area contributed by atoms with E-state index in [0.717, 1.165) is 18.1 Å². The lowest BCUT2D eigenvalue weighted by Gasteiger charge is -2.10. The van der Waals surface area contributed by atoms with E-state index in [4.69, 9.17) is 18.0 Å². The van der Waals surface area contributed by atoms with Gasteiger partial charge in [0.05, 0.1) is 11.3 Å². The molecule has 1 heterocycles. The highest BCUT2D eigenvalue weighted by Gasteiger charge is 2.17. The Labute approximate surface area is 116 Å². The van der Waals surface area contributed by atoms with Crippen molar-refractivity contribution in [2.45, 2.75) is 26.7 Å². The summed E-state index contributed by atoms with van der Waals surface area (Å²) < 4.78 is 15.5. The van der Waals surface area contributed by atoms with Crippen molar-refractivity contribution in [3.05, 3.63) is 41.2 Å². The van der Waals surface area contributed by atoms with Crippen LogP contribution in [-0.2, 0) is 12.8 Å². The van der Waals surface area contributed by atoms with Crippen LogP contribution >= 0.6 is 12.2 Å². The highest BCUT2D eigenvalue weighted by Crippen LogP contribution is 2.19. The molecule has 0 bridgehead atoms. The van der Waals surface area contributed by atoms with Crippen molar-refractivity contribution in [2.24, 2.45) is 5.73 Å². The molecule has 0 aliphatic carbocycles. The van der Waals surface area contributed by atoms with Crippen LogP contribution in [0.5, 0.6) is 0 Å². The Bertz CT molecular complexity index is 621. The molecule has 0 unspecified atom stereocenters.